The molecule has 2 amide bonds. The van der Waals surface area contributed by atoms with Crippen molar-refractivity contribution in [1.29, 1.82) is 0 Å². The van der Waals surface area contributed by atoms with E-state index in [0.29, 0.717) is 49.5 Å². The number of nitrogens with zero attached hydrogens (tertiary/aromatic N) is 1. The summed E-state index contributed by atoms with van der Waals surface area (Å²) in [4.78, 5) is 25.1. The van der Waals surface area contributed by atoms with Crippen LogP contribution >= 0.6 is 0 Å². The Hall–Kier alpha value is -3.13. The summed E-state index contributed by atoms with van der Waals surface area (Å²) in [6.45, 7) is 3.29. The number of amides is 2. The zero-order valence-electron chi connectivity index (χ0n) is 17.8. The van der Waals surface area contributed by atoms with Gasteiger partial charge in [-0.15, -0.1) is 0 Å². The molecule has 0 aliphatic carbocycles. The van der Waals surface area contributed by atoms with Crippen LogP contribution in [0.3, 0.4) is 0 Å². The Bertz CT molecular complexity index is 942. The number of hydrogen-bond donors (Lipinski definition) is 2. The van der Waals surface area contributed by atoms with Gasteiger partial charge in [0.2, 0.25) is 5.91 Å². The maximum absolute atomic E-state index is 14.5. The third-order valence-electron chi connectivity index (χ3n) is 5.52. The van der Waals surface area contributed by atoms with E-state index in [-0.39, 0.29) is 18.3 Å². The topological polar surface area (TPSA) is 93.9 Å². The molecule has 0 spiro atoms. The first kappa shape index (κ1) is 22.6. The fourth-order valence-corrected chi connectivity index (χ4v) is 4.08. The Morgan fingerprint density at radius 1 is 1.16 bits per heavy atom. The zero-order valence-corrected chi connectivity index (χ0v) is 17.8. The molecule has 0 atom stereocenters. The highest BCUT2D eigenvalue weighted by Crippen LogP contribution is 2.35. The summed E-state index contributed by atoms with van der Waals surface area (Å²) in [5.41, 5.74) is 5.96. The van der Waals surface area contributed by atoms with Gasteiger partial charge in [-0.25, -0.2) is 4.39 Å². The molecule has 0 radical (unpaired) electrons. The predicted octanol–water partition coefficient (Wildman–Crippen LogP) is 2.33. The van der Waals surface area contributed by atoms with E-state index < -0.39 is 11.4 Å². The van der Waals surface area contributed by atoms with Gasteiger partial charge in [0.25, 0.3) is 5.91 Å². The summed E-state index contributed by atoms with van der Waals surface area (Å²) in [6, 6.07) is 12.1. The molecule has 1 aliphatic rings. The van der Waals surface area contributed by atoms with Gasteiger partial charge in [-0.2, -0.15) is 0 Å². The summed E-state index contributed by atoms with van der Waals surface area (Å²) < 4.78 is 25.3. The number of carbonyl (C=O) groups is 2. The summed E-state index contributed by atoms with van der Waals surface area (Å²) in [7, 11) is 1.54. The number of carbonyl (C=O) groups excluding carboxylic acids is 2. The van der Waals surface area contributed by atoms with Gasteiger partial charge in [-0.05, 0) is 36.6 Å². The molecule has 0 bridgehead atoms. The van der Waals surface area contributed by atoms with Crippen LogP contribution in [-0.4, -0.2) is 43.5 Å². The van der Waals surface area contributed by atoms with E-state index in [1.54, 1.807) is 24.3 Å². The zero-order chi connectivity index (χ0) is 22.4. The quantitative estimate of drug-likeness (QED) is 0.672. The van der Waals surface area contributed by atoms with Gasteiger partial charge in [-0.1, -0.05) is 24.3 Å². The number of piperidine rings is 1. The lowest BCUT2D eigenvalue weighted by molar-refractivity contribution is -0.122. The highest BCUT2D eigenvalue weighted by Gasteiger charge is 2.38. The lowest BCUT2D eigenvalue weighted by Crippen LogP contribution is -2.52. The van der Waals surface area contributed by atoms with Crippen LogP contribution < -0.4 is 20.5 Å². The third-order valence-corrected chi connectivity index (χ3v) is 5.52. The van der Waals surface area contributed by atoms with Gasteiger partial charge in [0.05, 0.1) is 12.6 Å². The lowest BCUT2D eigenvalue weighted by atomic mass is 9.80. The molecule has 31 heavy (non-hydrogen) atoms. The molecule has 7 nitrogen and oxygen atoms in total. The number of methoxy groups -OCH3 is 1. The first-order valence-corrected chi connectivity index (χ1v) is 10.2. The number of nitrogens with one attached hydrogen (secondary N) is 1. The number of nitrogens with two attached hydrogens (primary N) is 1. The second-order valence-electron chi connectivity index (χ2n) is 7.76. The van der Waals surface area contributed by atoms with Crippen LogP contribution in [-0.2, 0) is 21.7 Å². The van der Waals surface area contributed by atoms with Crippen molar-refractivity contribution < 1.29 is 23.5 Å². The molecule has 0 unspecified atom stereocenters. The highest BCUT2D eigenvalue weighted by atomic mass is 19.1. The van der Waals surface area contributed by atoms with Crippen molar-refractivity contribution in [2.24, 2.45) is 5.73 Å². The fraction of sp³-hybridized carbons (Fsp3) is 0.391. The number of halogens is 1. The molecule has 3 rings (SSSR count). The highest BCUT2D eigenvalue weighted by molar-refractivity contribution is 5.75. The van der Waals surface area contributed by atoms with E-state index >= 15 is 0 Å². The van der Waals surface area contributed by atoms with Gasteiger partial charge >= 0.3 is 0 Å². The minimum absolute atomic E-state index is 0.173. The minimum Gasteiger partial charge on any atom is -0.493 e. The largest absolute Gasteiger partial charge is 0.493 e. The van der Waals surface area contributed by atoms with Crippen molar-refractivity contribution in [3.63, 3.8) is 0 Å². The second kappa shape index (κ2) is 9.78. The normalized spacial score (nSPS) is 15.8. The summed E-state index contributed by atoms with van der Waals surface area (Å²) in [5.74, 6) is -0.0615. The van der Waals surface area contributed by atoms with Crippen molar-refractivity contribution in [1.82, 2.24) is 10.2 Å². The van der Waals surface area contributed by atoms with Crippen LogP contribution in [0.25, 0.3) is 0 Å². The van der Waals surface area contributed by atoms with Gasteiger partial charge in [0.1, 0.15) is 5.82 Å². The summed E-state index contributed by atoms with van der Waals surface area (Å²) in [6.07, 6.45) is 1.20. The fourth-order valence-electron chi connectivity index (χ4n) is 4.08. The number of primary amides is 1. The molecule has 1 saturated heterocycles. The number of ether oxygens (including phenoxy) is 2. The van der Waals surface area contributed by atoms with Gasteiger partial charge in [0, 0.05) is 32.1 Å². The summed E-state index contributed by atoms with van der Waals surface area (Å²) >= 11 is 0. The predicted molar refractivity (Wildman–Crippen MR) is 114 cm³/mol. The number of likely N-dealkylation sites (tertiary alicyclic amines) is 1. The monoisotopic (exact) mass is 429 g/mol. The molecule has 8 heteroatoms. The van der Waals surface area contributed by atoms with Crippen molar-refractivity contribution in [2.75, 3.05) is 26.8 Å². The van der Waals surface area contributed by atoms with Gasteiger partial charge in [-0.3, -0.25) is 14.5 Å². The van der Waals surface area contributed by atoms with Crippen LogP contribution in [0, 0.1) is 5.82 Å². The van der Waals surface area contributed by atoms with Crippen molar-refractivity contribution in [2.45, 2.75) is 31.8 Å². The molecule has 1 heterocycles. The molecule has 1 aliphatic heterocycles. The summed E-state index contributed by atoms with van der Waals surface area (Å²) in [5, 5.41) is 3.01. The third kappa shape index (κ3) is 5.52. The Morgan fingerprint density at radius 3 is 2.48 bits per heavy atom. The number of hydrogen-bond acceptors (Lipinski definition) is 5. The molecular weight excluding hydrogens is 401 g/mol. The van der Waals surface area contributed by atoms with E-state index in [4.69, 9.17) is 15.2 Å². The first-order chi connectivity index (χ1) is 14.8. The molecule has 166 valence electrons. The molecule has 3 N–H and O–H groups in total. The first-order valence-electron chi connectivity index (χ1n) is 10.2. The van der Waals surface area contributed by atoms with E-state index in [2.05, 4.69) is 10.2 Å². The Morgan fingerprint density at radius 2 is 1.87 bits per heavy atom. The van der Waals surface area contributed by atoms with Crippen LogP contribution in [0.4, 0.5) is 4.39 Å². The standard InChI is InChI=1S/C23H28FN3O4/c1-16(28)26-23(18-5-3-4-6-19(18)24)9-11-27(12-10-23)14-17-7-8-20(21(13-17)30-2)31-15-22(25)29/h3-8,13H,9-12,14-15H2,1-2H3,(H2,25,29)(H,26,28). The second-order valence-corrected chi connectivity index (χ2v) is 7.76. The Labute approximate surface area is 181 Å². The lowest BCUT2D eigenvalue weighted by Gasteiger charge is -2.42. The molecule has 0 aromatic heterocycles. The van der Waals surface area contributed by atoms with Gasteiger partial charge < -0.3 is 20.5 Å². The van der Waals surface area contributed by atoms with E-state index in [0.717, 1.165) is 5.56 Å². The van der Waals surface area contributed by atoms with E-state index in [9.17, 15) is 14.0 Å². The molecule has 0 saturated carbocycles. The Balaban J connectivity index is 1.70. The van der Waals surface area contributed by atoms with E-state index in [1.807, 2.05) is 12.1 Å². The van der Waals surface area contributed by atoms with Crippen molar-refractivity contribution in [3.8, 4) is 11.5 Å². The average Bonchev–Trinajstić information content (AvgIpc) is 2.74. The van der Waals surface area contributed by atoms with Crippen LogP contribution in [0.2, 0.25) is 0 Å². The molecule has 1 fully saturated rings. The van der Waals surface area contributed by atoms with E-state index in [1.165, 1.54) is 20.1 Å². The van der Waals surface area contributed by atoms with Crippen LogP contribution in [0.1, 0.15) is 30.9 Å². The molecule has 2 aromatic rings. The molecular formula is C23H28FN3O4. The maximum atomic E-state index is 14.5. The average molecular weight is 429 g/mol. The van der Waals surface area contributed by atoms with Gasteiger partial charge in [0.15, 0.2) is 18.1 Å². The number of rotatable bonds is 8. The van der Waals surface area contributed by atoms with Crippen molar-refractivity contribution in [3.05, 3.63) is 59.4 Å². The smallest absolute Gasteiger partial charge is 0.255 e. The Kier molecular flexibility index (Phi) is 7.12. The minimum atomic E-state index is -0.710. The number of benzene rings is 2. The maximum Gasteiger partial charge on any atom is 0.255 e. The van der Waals surface area contributed by atoms with Crippen LogP contribution in [0.15, 0.2) is 42.5 Å². The van der Waals surface area contributed by atoms with Crippen molar-refractivity contribution >= 4 is 11.8 Å². The van der Waals surface area contributed by atoms with Crippen LogP contribution in [0.5, 0.6) is 11.5 Å². The SMILES string of the molecule is COc1cc(CN2CCC(NC(C)=O)(c3ccccc3F)CC2)ccc1OCC(N)=O. The molecule has 2 aromatic carbocycles.